The minimum Gasteiger partial charge on any atom is -0.487 e. The second-order valence-electron chi connectivity index (χ2n) is 5.37. The van der Waals surface area contributed by atoms with E-state index in [0.717, 1.165) is 22.6 Å². The molecule has 108 valence electrons. The number of aromatic nitrogens is 2. The number of aliphatic hydroxyl groups excluding tert-OH is 1. The van der Waals surface area contributed by atoms with Crippen LogP contribution >= 0.6 is 0 Å². The molecule has 0 spiro atoms. The number of aliphatic hydroxyl groups is 1. The minimum atomic E-state index is -0.454. The first-order valence-electron chi connectivity index (χ1n) is 6.93. The summed E-state index contributed by atoms with van der Waals surface area (Å²) in [6.07, 6.45) is 1.51. The molecule has 0 fully saturated rings. The van der Waals surface area contributed by atoms with Crippen LogP contribution in [-0.4, -0.2) is 14.9 Å². The lowest BCUT2D eigenvalue weighted by Gasteiger charge is -2.11. The standard InChI is InChI=1S/C16H22N2O2/c1-11(2)18-8-7-15(17-18)10-20-16-6-5-14(13(4)19)9-12(16)3/h5-9,11,13,19H,10H2,1-4H3. The number of benzene rings is 1. The molecule has 4 heteroatoms. The molecule has 0 bridgehead atoms. The molecule has 2 aromatic rings. The zero-order valence-corrected chi connectivity index (χ0v) is 12.5. The third kappa shape index (κ3) is 3.39. The van der Waals surface area contributed by atoms with Gasteiger partial charge in [-0.1, -0.05) is 6.07 Å². The van der Waals surface area contributed by atoms with E-state index in [1.165, 1.54) is 0 Å². The quantitative estimate of drug-likeness (QED) is 0.909. The molecule has 2 rings (SSSR count). The first-order chi connectivity index (χ1) is 9.47. The molecule has 0 aliphatic heterocycles. The highest BCUT2D eigenvalue weighted by atomic mass is 16.5. The van der Waals surface area contributed by atoms with Gasteiger partial charge in [0.1, 0.15) is 12.4 Å². The number of rotatable bonds is 5. The lowest BCUT2D eigenvalue weighted by Crippen LogP contribution is -2.04. The van der Waals surface area contributed by atoms with E-state index in [-0.39, 0.29) is 0 Å². The van der Waals surface area contributed by atoms with E-state index >= 15 is 0 Å². The minimum absolute atomic E-state index is 0.357. The molecule has 0 aliphatic rings. The van der Waals surface area contributed by atoms with Crippen molar-refractivity contribution >= 4 is 0 Å². The van der Waals surface area contributed by atoms with Crippen LogP contribution in [0.2, 0.25) is 0 Å². The molecule has 0 aliphatic carbocycles. The lowest BCUT2D eigenvalue weighted by atomic mass is 10.1. The molecule has 20 heavy (non-hydrogen) atoms. The smallest absolute Gasteiger partial charge is 0.132 e. The van der Waals surface area contributed by atoms with E-state index < -0.39 is 6.10 Å². The highest BCUT2D eigenvalue weighted by Gasteiger charge is 2.07. The van der Waals surface area contributed by atoms with Crippen LogP contribution in [0.1, 0.15) is 49.7 Å². The van der Waals surface area contributed by atoms with Gasteiger partial charge in [-0.2, -0.15) is 5.10 Å². The zero-order chi connectivity index (χ0) is 14.7. The van der Waals surface area contributed by atoms with Crippen molar-refractivity contribution in [3.63, 3.8) is 0 Å². The first-order valence-corrected chi connectivity index (χ1v) is 6.93. The maximum atomic E-state index is 9.55. The Labute approximate surface area is 120 Å². The number of nitrogens with zero attached hydrogens (tertiary/aromatic N) is 2. The van der Waals surface area contributed by atoms with Crippen LogP contribution in [0.25, 0.3) is 0 Å². The highest BCUT2D eigenvalue weighted by molar-refractivity contribution is 5.37. The Morgan fingerprint density at radius 1 is 1.25 bits per heavy atom. The summed E-state index contributed by atoms with van der Waals surface area (Å²) in [6.45, 7) is 8.38. The van der Waals surface area contributed by atoms with Gasteiger partial charge in [-0.25, -0.2) is 0 Å². The van der Waals surface area contributed by atoms with Crippen molar-refractivity contribution in [1.29, 1.82) is 0 Å². The summed E-state index contributed by atoms with van der Waals surface area (Å²) in [4.78, 5) is 0. The summed E-state index contributed by atoms with van der Waals surface area (Å²) >= 11 is 0. The second-order valence-corrected chi connectivity index (χ2v) is 5.37. The van der Waals surface area contributed by atoms with E-state index in [0.29, 0.717) is 12.6 Å². The largest absolute Gasteiger partial charge is 0.487 e. The molecule has 1 aromatic carbocycles. The third-order valence-corrected chi connectivity index (χ3v) is 3.25. The molecule has 1 atom stereocenters. The van der Waals surface area contributed by atoms with Gasteiger partial charge >= 0.3 is 0 Å². The van der Waals surface area contributed by atoms with Gasteiger partial charge in [0, 0.05) is 12.2 Å². The molecular weight excluding hydrogens is 252 g/mol. The average molecular weight is 274 g/mol. The second kappa shape index (κ2) is 6.09. The van der Waals surface area contributed by atoms with Crippen LogP contribution in [0, 0.1) is 6.92 Å². The first kappa shape index (κ1) is 14.6. The van der Waals surface area contributed by atoms with Crippen LogP contribution < -0.4 is 4.74 Å². The summed E-state index contributed by atoms with van der Waals surface area (Å²) in [5.41, 5.74) is 2.84. The van der Waals surface area contributed by atoms with Gasteiger partial charge in [0.15, 0.2) is 0 Å². The number of aryl methyl sites for hydroxylation is 1. The van der Waals surface area contributed by atoms with Crippen molar-refractivity contribution in [2.45, 2.75) is 46.4 Å². The normalized spacial score (nSPS) is 12.7. The Morgan fingerprint density at radius 3 is 2.55 bits per heavy atom. The van der Waals surface area contributed by atoms with Crippen LogP contribution in [0.3, 0.4) is 0 Å². The predicted molar refractivity (Wildman–Crippen MR) is 78.8 cm³/mol. The fourth-order valence-electron chi connectivity index (χ4n) is 1.99. The molecule has 0 saturated heterocycles. The van der Waals surface area contributed by atoms with E-state index in [2.05, 4.69) is 18.9 Å². The van der Waals surface area contributed by atoms with Crippen molar-refractivity contribution in [3.8, 4) is 5.75 Å². The van der Waals surface area contributed by atoms with Crippen LogP contribution in [-0.2, 0) is 6.61 Å². The van der Waals surface area contributed by atoms with Crippen LogP contribution in [0.5, 0.6) is 5.75 Å². The molecule has 4 nitrogen and oxygen atoms in total. The Kier molecular flexibility index (Phi) is 4.45. The molecular formula is C16H22N2O2. The molecule has 1 N–H and O–H groups in total. The van der Waals surface area contributed by atoms with Crippen molar-refractivity contribution in [3.05, 3.63) is 47.3 Å². The Bertz CT molecular complexity index is 574. The Hall–Kier alpha value is -1.81. The van der Waals surface area contributed by atoms with Crippen molar-refractivity contribution in [2.24, 2.45) is 0 Å². The van der Waals surface area contributed by atoms with E-state index in [1.54, 1.807) is 6.92 Å². The maximum absolute atomic E-state index is 9.55. The van der Waals surface area contributed by atoms with Gasteiger partial charge < -0.3 is 9.84 Å². The van der Waals surface area contributed by atoms with Crippen LogP contribution in [0.4, 0.5) is 0 Å². The Morgan fingerprint density at radius 2 is 2.00 bits per heavy atom. The van der Waals surface area contributed by atoms with E-state index in [1.807, 2.05) is 42.1 Å². The van der Waals surface area contributed by atoms with E-state index in [9.17, 15) is 5.11 Å². The molecule has 0 radical (unpaired) electrons. The summed E-state index contributed by atoms with van der Waals surface area (Å²) in [6, 6.07) is 8.07. The fraction of sp³-hybridized carbons (Fsp3) is 0.438. The van der Waals surface area contributed by atoms with Gasteiger partial charge in [-0.15, -0.1) is 0 Å². The number of hydrogen-bond donors (Lipinski definition) is 1. The van der Waals surface area contributed by atoms with E-state index in [4.69, 9.17) is 4.74 Å². The molecule has 0 amide bonds. The third-order valence-electron chi connectivity index (χ3n) is 3.25. The fourth-order valence-corrected chi connectivity index (χ4v) is 1.99. The SMILES string of the molecule is Cc1cc(C(C)O)ccc1OCc1ccn(C(C)C)n1. The average Bonchev–Trinajstić information content (AvgIpc) is 2.86. The van der Waals surface area contributed by atoms with Gasteiger partial charge in [0.25, 0.3) is 0 Å². The lowest BCUT2D eigenvalue weighted by molar-refractivity contribution is 0.199. The van der Waals surface area contributed by atoms with Gasteiger partial charge in [-0.05, 0) is 57.0 Å². The Balaban J connectivity index is 2.03. The van der Waals surface area contributed by atoms with Gasteiger partial charge in [0.2, 0.25) is 0 Å². The molecule has 1 heterocycles. The van der Waals surface area contributed by atoms with Crippen LogP contribution in [0.15, 0.2) is 30.5 Å². The summed E-state index contributed by atoms with van der Waals surface area (Å²) in [7, 11) is 0. The number of ether oxygens (including phenoxy) is 1. The molecule has 1 unspecified atom stereocenters. The predicted octanol–water partition coefficient (Wildman–Crippen LogP) is 3.40. The van der Waals surface area contributed by atoms with Gasteiger partial charge in [-0.3, -0.25) is 4.68 Å². The maximum Gasteiger partial charge on any atom is 0.132 e. The summed E-state index contributed by atoms with van der Waals surface area (Å²) < 4.78 is 7.71. The monoisotopic (exact) mass is 274 g/mol. The molecule has 1 aromatic heterocycles. The summed E-state index contributed by atoms with van der Waals surface area (Å²) in [5, 5.41) is 14.0. The van der Waals surface area contributed by atoms with Crippen molar-refractivity contribution in [1.82, 2.24) is 9.78 Å². The topological polar surface area (TPSA) is 47.3 Å². The zero-order valence-electron chi connectivity index (χ0n) is 12.5. The molecule has 0 saturated carbocycles. The number of hydrogen-bond acceptors (Lipinski definition) is 3. The van der Waals surface area contributed by atoms with Crippen molar-refractivity contribution < 1.29 is 9.84 Å². The summed E-state index contributed by atoms with van der Waals surface area (Å²) in [5.74, 6) is 0.827. The highest BCUT2D eigenvalue weighted by Crippen LogP contribution is 2.23. The van der Waals surface area contributed by atoms with Crippen molar-refractivity contribution in [2.75, 3.05) is 0 Å². The van der Waals surface area contributed by atoms with Gasteiger partial charge in [0.05, 0.1) is 11.8 Å².